The second kappa shape index (κ2) is 32.3. The zero-order valence-corrected chi connectivity index (χ0v) is 64.9. The van der Waals surface area contributed by atoms with Crippen molar-refractivity contribution < 1.29 is 244 Å². The molecule has 35 heteroatoms. The maximum Gasteiger partial charge on any atom is 1.00 e. The Morgan fingerprint density at radius 3 is 1.75 bits per heavy atom. The number of hydrogen-bond acceptors (Lipinski definition) is 21. The third kappa shape index (κ3) is 20.9. The Hall–Kier alpha value is -0.770. The van der Waals surface area contributed by atoms with Crippen LogP contribution in [0.4, 0.5) is 21.5 Å². The molecule has 88 heavy (non-hydrogen) atoms. The van der Waals surface area contributed by atoms with Gasteiger partial charge in [0.15, 0.2) is 5.71 Å². The van der Waals surface area contributed by atoms with E-state index in [0.717, 1.165) is 6.07 Å². The fourth-order valence-electron chi connectivity index (χ4n) is 11.2. The number of halogens is 1. The van der Waals surface area contributed by atoms with Crippen LogP contribution in [-0.4, -0.2) is 148 Å². The number of aliphatic carboxylic acids is 1. The van der Waals surface area contributed by atoms with E-state index in [-0.39, 0.29) is 263 Å². The molecular formula is C53H57FN3Na5O20S6. The van der Waals surface area contributed by atoms with E-state index in [1.54, 1.807) is 78.5 Å². The van der Waals surface area contributed by atoms with Crippen molar-refractivity contribution in [1.82, 2.24) is 0 Å². The van der Waals surface area contributed by atoms with Gasteiger partial charge in [-0.05, 0) is 122 Å². The van der Waals surface area contributed by atoms with Gasteiger partial charge >= 0.3 is 154 Å². The van der Waals surface area contributed by atoms with Gasteiger partial charge in [0.1, 0.15) is 32.6 Å². The van der Waals surface area contributed by atoms with Crippen molar-refractivity contribution in [3.05, 3.63) is 130 Å². The summed E-state index contributed by atoms with van der Waals surface area (Å²) in [6.07, 6.45) is 5.06. The third-order valence-electron chi connectivity index (χ3n) is 14.8. The molecule has 1 atom stereocenters. The van der Waals surface area contributed by atoms with Gasteiger partial charge in [0.05, 0.1) is 61.6 Å². The van der Waals surface area contributed by atoms with E-state index in [1.165, 1.54) is 42.5 Å². The first-order valence-corrected chi connectivity index (χ1v) is 34.7. The normalized spacial score (nSPS) is 17.6. The number of benzene rings is 4. The van der Waals surface area contributed by atoms with E-state index in [4.69, 9.17) is 0 Å². The van der Waals surface area contributed by atoms with Gasteiger partial charge in [0, 0.05) is 100 Å². The molecule has 0 amide bonds. The van der Waals surface area contributed by atoms with Crippen LogP contribution in [0.5, 0.6) is 0 Å². The van der Waals surface area contributed by atoms with Gasteiger partial charge in [-0.3, -0.25) is 4.79 Å². The van der Waals surface area contributed by atoms with Crippen LogP contribution in [-0.2, 0) is 76.3 Å². The molecule has 1 aliphatic carbocycles. The molecule has 7 rings (SSSR count). The summed E-state index contributed by atoms with van der Waals surface area (Å²) < 4.78 is 234. The van der Waals surface area contributed by atoms with Gasteiger partial charge in [-0.1, -0.05) is 44.2 Å². The summed E-state index contributed by atoms with van der Waals surface area (Å²) in [5.41, 5.74) is 1.02. The quantitative estimate of drug-likeness (QED) is 0.0387. The van der Waals surface area contributed by atoms with Crippen molar-refractivity contribution in [2.24, 2.45) is 5.92 Å². The zero-order valence-electron chi connectivity index (χ0n) is 50.0. The smallest absolute Gasteiger partial charge is 0.748 e. The van der Waals surface area contributed by atoms with E-state index < -0.39 is 122 Å². The number of nitrogens with zero attached hydrogens (tertiary/aromatic N) is 3. The molecular weight excluding hydrogens is 1320 g/mol. The van der Waals surface area contributed by atoms with Crippen molar-refractivity contribution in [2.45, 2.75) is 86.8 Å². The first-order chi connectivity index (χ1) is 38.2. The van der Waals surface area contributed by atoms with Crippen LogP contribution in [0.1, 0.15) is 82.9 Å². The molecule has 23 nitrogen and oxygen atoms in total. The van der Waals surface area contributed by atoms with E-state index in [2.05, 4.69) is 0 Å². The number of carboxylic acid groups (broad SMARTS) is 1. The van der Waals surface area contributed by atoms with Gasteiger partial charge in [-0.25, -0.2) is 54.9 Å². The molecule has 0 spiro atoms. The molecule has 0 bridgehead atoms. The van der Waals surface area contributed by atoms with Gasteiger partial charge in [-0.2, -0.15) is 4.58 Å². The van der Waals surface area contributed by atoms with Crippen molar-refractivity contribution in [2.75, 3.05) is 59.0 Å². The predicted octanol–water partition coefficient (Wildman–Crippen LogP) is -10.2. The number of carbonyl (C=O) groups is 1. The van der Waals surface area contributed by atoms with Crippen LogP contribution in [0.25, 0.3) is 16.3 Å². The number of fused-ring (bicyclic) bond motifs is 4. The topological polar surface area (TPSA) is 390 Å². The van der Waals surface area contributed by atoms with Gasteiger partial charge in [0.2, 0.25) is 5.69 Å². The monoisotopic (exact) mass is 1380 g/mol. The number of allylic oxidation sites excluding steroid dienone is 8. The van der Waals surface area contributed by atoms with E-state index in [1.807, 2.05) is 0 Å². The van der Waals surface area contributed by atoms with Crippen molar-refractivity contribution in [3.8, 4) is 0 Å². The Labute approximate surface area is 623 Å². The Morgan fingerprint density at radius 2 is 1.22 bits per heavy atom. The van der Waals surface area contributed by atoms with E-state index in [0.29, 0.717) is 28.7 Å². The summed E-state index contributed by atoms with van der Waals surface area (Å²) in [6, 6.07) is 14.6. The summed E-state index contributed by atoms with van der Waals surface area (Å²) in [5.74, 6) is -6.27. The Bertz CT molecular complexity index is 4160. The average Bonchev–Trinajstić information content (AvgIpc) is 3.59. The first-order valence-electron chi connectivity index (χ1n) is 25.6. The maximum absolute atomic E-state index is 16.4. The summed E-state index contributed by atoms with van der Waals surface area (Å²) in [7, 11) is -29.6. The van der Waals surface area contributed by atoms with Crippen LogP contribution < -0.4 is 158 Å². The molecule has 0 saturated carbocycles. The number of anilines is 2. The Balaban J connectivity index is 0.00000528. The predicted molar refractivity (Wildman–Crippen MR) is 297 cm³/mol. The van der Waals surface area contributed by atoms with Crippen molar-refractivity contribution in [3.63, 3.8) is 0 Å². The Morgan fingerprint density at radius 1 is 0.659 bits per heavy atom. The van der Waals surface area contributed by atoms with Crippen molar-refractivity contribution >= 4 is 106 Å². The molecule has 2 aliphatic heterocycles. The Kier molecular flexibility index (Phi) is 30.6. The molecule has 1 unspecified atom stereocenters. The zero-order chi connectivity index (χ0) is 61.6. The largest absolute Gasteiger partial charge is 1.00 e. The molecule has 0 radical (unpaired) electrons. The minimum absolute atomic E-state index is 0. The van der Waals surface area contributed by atoms with Crippen LogP contribution in [0, 0.1) is 11.7 Å². The molecule has 3 aliphatic rings. The molecule has 452 valence electrons. The minimum Gasteiger partial charge on any atom is -0.748 e. The SMILES string of the molecule is CC1(C)C(/C=C/C2=C(c3ccccc3F)C(=C/C=C3/N(CCCS(=O)(=O)[O-])c4ccc(N(CCCS(=O)(=O)[O-])CCCS(=O)(=O)[O-])cc4C3(C)C)/CC(C(=O)O)C2)=[N+](CCCS(=O)(=O)[O-])c2ccc3c(S(=O)(=O)[O-])cc(S(=O)(=O)[O-])cc3c21.[Na+].[Na+].[Na+].[Na+].[Na+]. The summed E-state index contributed by atoms with van der Waals surface area (Å²) in [5, 5.41) is 10.3. The van der Waals surface area contributed by atoms with E-state index in [9.17, 15) is 87.7 Å². The molecule has 4 aromatic carbocycles. The van der Waals surface area contributed by atoms with Gasteiger partial charge < -0.3 is 42.2 Å². The molecule has 0 saturated heterocycles. The minimum atomic E-state index is -5.43. The molecule has 0 aromatic heterocycles. The van der Waals surface area contributed by atoms with Crippen LogP contribution in [0.2, 0.25) is 0 Å². The second-order valence-corrected chi connectivity index (χ2v) is 30.2. The van der Waals surface area contributed by atoms with Gasteiger partial charge in [-0.15, -0.1) is 0 Å². The van der Waals surface area contributed by atoms with Crippen LogP contribution >= 0.6 is 0 Å². The van der Waals surface area contributed by atoms with Crippen LogP contribution in [0.15, 0.2) is 118 Å². The molecule has 0 fully saturated rings. The fourth-order valence-corrected chi connectivity index (χ4v) is 14.5. The van der Waals surface area contributed by atoms with E-state index >= 15 is 4.39 Å². The number of rotatable bonds is 24. The average molecular weight is 1380 g/mol. The standard InChI is InChI=1S/C53H62FN3O20S6.5Na/c1-52(2)42-31-37(55(21-7-25-78(60,61)62)22-8-26-79(63,64)65)15-17-44(42)56(23-9-27-80(66,67)68)47(52)19-13-34-29-36(51(58)59)30-35(49(34)40-11-5-6-12-43(40)54)14-20-48-53(3,4)50-41-32-38(82(72,73)74)33-46(83(75,76)77)39(41)16-18-45(50)57(48)24-10-28-81(69,70)71;;;;;/h5-6,11-20,31-33,36H,7-10,21-30H2,1-4H3,(H6-,58,59,60,61,62,63,64,65,66,67,68,69,70,71,72,73,74,75,76,77);;;;;/q;5*+1/p-5. The summed E-state index contributed by atoms with van der Waals surface area (Å²) in [6.45, 7) is 6.45. The fraction of sp³-hybridized carbons (Fsp3) is 0.396. The second-order valence-electron chi connectivity index (χ2n) is 21.4. The maximum atomic E-state index is 16.4. The molecule has 2 heterocycles. The number of hydrogen-bond donors (Lipinski definition) is 1. The third-order valence-corrected chi connectivity index (χ3v) is 19.7. The van der Waals surface area contributed by atoms with Crippen molar-refractivity contribution in [1.29, 1.82) is 0 Å². The first kappa shape index (κ1) is 83.3. The van der Waals surface area contributed by atoms with Crippen LogP contribution in [0.3, 0.4) is 0 Å². The number of carboxylic acids is 1. The molecule has 4 aromatic rings. The van der Waals surface area contributed by atoms with Gasteiger partial charge in [0.25, 0.3) is 0 Å². The summed E-state index contributed by atoms with van der Waals surface area (Å²) in [4.78, 5) is 14.5. The summed E-state index contributed by atoms with van der Waals surface area (Å²) >= 11 is 0. The molecule has 1 N–H and O–H groups in total.